The molecule has 3 aromatic rings. The van der Waals surface area contributed by atoms with E-state index >= 15 is 0 Å². The fourth-order valence-electron chi connectivity index (χ4n) is 3.45. The third kappa shape index (κ3) is 3.24. The van der Waals surface area contributed by atoms with Gasteiger partial charge in [-0.25, -0.2) is 0 Å². The molecule has 27 heavy (non-hydrogen) atoms. The molecule has 0 spiro atoms. The summed E-state index contributed by atoms with van der Waals surface area (Å²) in [6.45, 7) is 0. The summed E-state index contributed by atoms with van der Waals surface area (Å²) < 4.78 is 8.87. The maximum atomic E-state index is 13.1. The molecule has 1 aliphatic carbocycles. The van der Waals surface area contributed by atoms with Gasteiger partial charge in [-0.05, 0) is 0 Å². The Morgan fingerprint density at radius 2 is 0.815 bits per heavy atom. The monoisotopic (exact) mass is 355 g/mol. The van der Waals surface area contributed by atoms with Gasteiger partial charge in [0.2, 0.25) is 0 Å². The SMILES string of the molecule is [2H]C1(C(=O)c2ccccc2)[C@@H](C(=O)c2ccccc2)[C@@H]1C(=O)c1ccccc1. The average molecular weight is 355 g/mol. The van der Waals surface area contributed by atoms with Crippen LogP contribution in [0.2, 0.25) is 0 Å². The van der Waals surface area contributed by atoms with Gasteiger partial charge in [0, 0.05) is 35.8 Å². The van der Waals surface area contributed by atoms with Gasteiger partial charge in [-0.15, -0.1) is 0 Å². The lowest BCUT2D eigenvalue weighted by molar-refractivity contribution is 0.0906. The summed E-state index contributed by atoms with van der Waals surface area (Å²) in [6.07, 6.45) is 0. The first-order valence-electron chi connectivity index (χ1n) is 9.33. The molecule has 1 saturated carbocycles. The second-order valence-corrected chi connectivity index (χ2v) is 6.57. The minimum absolute atomic E-state index is 0.339. The van der Waals surface area contributed by atoms with Crippen LogP contribution in [0.4, 0.5) is 0 Å². The Kier molecular flexibility index (Phi) is 4.19. The van der Waals surface area contributed by atoms with Crippen molar-refractivity contribution >= 4 is 17.3 Å². The van der Waals surface area contributed by atoms with Crippen LogP contribution in [-0.2, 0) is 0 Å². The van der Waals surface area contributed by atoms with Crippen molar-refractivity contribution in [2.45, 2.75) is 0 Å². The predicted molar refractivity (Wildman–Crippen MR) is 103 cm³/mol. The topological polar surface area (TPSA) is 51.2 Å². The quantitative estimate of drug-likeness (QED) is 0.612. The number of Topliss-reactive ketones (excluding diaryl/α,β-unsaturated/α-hetero) is 3. The predicted octanol–water partition coefficient (Wildman–Crippen LogP) is 4.50. The molecule has 0 N–H and O–H groups in total. The molecule has 3 heteroatoms. The smallest absolute Gasteiger partial charge is 0.167 e. The van der Waals surface area contributed by atoms with E-state index in [1.54, 1.807) is 91.0 Å². The first-order valence-corrected chi connectivity index (χ1v) is 8.83. The van der Waals surface area contributed by atoms with E-state index in [1.165, 1.54) is 0 Å². The summed E-state index contributed by atoms with van der Waals surface area (Å²) in [7, 11) is 0. The maximum absolute atomic E-state index is 13.1. The third-order valence-electron chi connectivity index (χ3n) is 4.87. The van der Waals surface area contributed by atoms with Gasteiger partial charge in [0.15, 0.2) is 17.3 Å². The van der Waals surface area contributed by atoms with Crippen molar-refractivity contribution in [2.75, 3.05) is 0 Å². The van der Waals surface area contributed by atoms with Crippen molar-refractivity contribution in [2.24, 2.45) is 17.7 Å². The standard InChI is InChI=1S/C24H18O3/c25-22(16-10-4-1-5-11-16)19-20(23(26)17-12-6-2-7-13-17)21(19)24(27)18-14-8-3-9-15-18/h1-15,19-21H/i19D/t20-,21-/m1/s1. The summed E-state index contributed by atoms with van der Waals surface area (Å²) in [5.41, 5.74) is 1.16. The fraction of sp³-hybridized carbons (Fsp3) is 0.125. The average Bonchev–Trinajstić information content (AvgIpc) is 3.40. The van der Waals surface area contributed by atoms with Crippen LogP contribution in [0.15, 0.2) is 91.0 Å². The van der Waals surface area contributed by atoms with E-state index in [2.05, 4.69) is 0 Å². The molecule has 4 rings (SSSR count). The highest BCUT2D eigenvalue weighted by Gasteiger charge is 2.61. The van der Waals surface area contributed by atoms with Crippen LogP contribution in [0.1, 0.15) is 32.4 Å². The lowest BCUT2D eigenvalue weighted by Crippen LogP contribution is -2.09. The zero-order valence-electron chi connectivity index (χ0n) is 15.5. The van der Waals surface area contributed by atoms with Crippen molar-refractivity contribution in [3.63, 3.8) is 0 Å². The Bertz CT molecular complexity index is 972. The molecule has 0 unspecified atom stereocenters. The lowest BCUT2D eigenvalue weighted by atomic mass is 10.0. The second kappa shape index (κ2) is 7.12. The lowest BCUT2D eigenvalue weighted by Gasteiger charge is -2.00. The van der Waals surface area contributed by atoms with Crippen LogP contribution in [-0.4, -0.2) is 17.3 Å². The Morgan fingerprint density at radius 3 is 1.15 bits per heavy atom. The van der Waals surface area contributed by atoms with Crippen LogP contribution < -0.4 is 0 Å². The largest absolute Gasteiger partial charge is 0.294 e. The minimum Gasteiger partial charge on any atom is -0.294 e. The number of rotatable bonds is 6. The normalized spacial score (nSPS) is 23.9. The van der Waals surface area contributed by atoms with Gasteiger partial charge >= 0.3 is 0 Å². The molecule has 0 aliphatic heterocycles. The maximum Gasteiger partial charge on any atom is 0.167 e. The van der Waals surface area contributed by atoms with Crippen LogP contribution >= 0.6 is 0 Å². The van der Waals surface area contributed by atoms with Crippen molar-refractivity contribution < 1.29 is 15.8 Å². The van der Waals surface area contributed by atoms with Crippen LogP contribution in [0.3, 0.4) is 0 Å². The molecule has 2 atom stereocenters. The van der Waals surface area contributed by atoms with Crippen molar-refractivity contribution in [3.8, 4) is 0 Å². The van der Waals surface area contributed by atoms with Gasteiger partial charge in [0.25, 0.3) is 0 Å². The van der Waals surface area contributed by atoms with E-state index in [9.17, 15) is 14.4 Å². The molecule has 0 radical (unpaired) electrons. The van der Waals surface area contributed by atoms with E-state index < -0.39 is 23.5 Å². The summed E-state index contributed by atoms with van der Waals surface area (Å²) in [5.74, 6) is -4.94. The van der Waals surface area contributed by atoms with Gasteiger partial charge in [-0.1, -0.05) is 91.0 Å². The molecule has 3 nitrogen and oxygen atoms in total. The highest BCUT2D eigenvalue weighted by atomic mass is 16.1. The Labute approximate surface area is 159 Å². The number of carbonyl (C=O) groups excluding carboxylic acids is 3. The number of hydrogen-bond acceptors (Lipinski definition) is 3. The van der Waals surface area contributed by atoms with Crippen LogP contribution in [0, 0.1) is 17.7 Å². The van der Waals surface area contributed by atoms with E-state index in [0.717, 1.165) is 0 Å². The first kappa shape index (κ1) is 15.9. The van der Waals surface area contributed by atoms with E-state index in [4.69, 9.17) is 1.37 Å². The van der Waals surface area contributed by atoms with Gasteiger partial charge < -0.3 is 0 Å². The highest BCUT2D eigenvalue weighted by molar-refractivity contribution is 6.16. The van der Waals surface area contributed by atoms with Gasteiger partial charge in [0.1, 0.15) is 0 Å². The Morgan fingerprint density at radius 1 is 0.519 bits per heavy atom. The fourth-order valence-corrected chi connectivity index (χ4v) is 3.45. The molecule has 0 amide bonds. The molecule has 1 aliphatic rings. The summed E-state index contributed by atoms with van der Waals surface area (Å²) >= 11 is 0. The van der Waals surface area contributed by atoms with Crippen LogP contribution in [0.25, 0.3) is 0 Å². The summed E-state index contributed by atoms with van der Waals surface area (Å²) in [5, 5.41) is 0. The zero-order chi connectivity index (χ0) is 19.7. The van der Waals surface area contributed by atoms with Crippen molar-refractivity contribution in [3.05, 3.63) is 108 Å². The van der Waals surface area contributed by atoms with E-state index in [0.29, 0.717) is 16.7 Å². The number of benzene rings is 3. The zero-order valence-corrected chi connectivity index (χ0v) is 14.5. The van der Waals surface area contributed by atoms with E-state index in [-0.39, 0.29) is 11.6 Å². The molecule has 0 saturated heterocycles. The Hall–Kier alpha value is -3.33. The number of ketones is 3. The van der Waals surface area contributed by atoms with Crippen molar-refractivity contribution in [1.82, 2.24) is 0 Å². The van der Waals surface area contributed by atoms with Gasteiger partial charge in [-0.2, -0.15) is 0 Å². The molecular weight excluding hydrogens is 336 g/mol. The number of hydrogen-bond donors (Lipinski definition) is 0. The highest BCUT2D eigenvalue weighted by Crippen LogP contribution is 2.51. The Balaban J connectivity index is 1.74. The first-order chi connectivity index (χ1) is 13.5. The second-order valence-electron chi connectivity index (χ2n) is 6.57. The minimum atomic E-state index is -1.79. The van der Waals surface area contributed by atoms with Gasteiger partial charge in [0.05, 0.1) is 0 Å². The molecule has 3 aromatic carbocycles. The molecule has 132 valence electrons. The summed E-state index contributed by atoms with van der Waals surface area (Å²) in [6, 6.07) is 25.5. The molecule has 0 aromatic heterocycles. The molecule has 0 heterocycles. The molecule has 0 bridgehead atoms. The van der Waals surface area contributed by atoms with Crippen molar-refractivity contribution in [1.29, 1.82) is 0 Å². The number of carbonyl (C=O) groups is 3. The summed E-state index contributed by atoms with van der Waals surface area (Å²) in [4.78, 5) is 39.3. The van der Waals surface area contributed by atoms with E-state index in [1.807, 2.05) is 0 Å². The molecule has 1 fully saturated rings. The molecular formula is C24H18O3. The third-order valence-corrected chi connectivity index (χ3v) is 4.87. The van der Waals surface area contributed by atoms with Crippen LogP contribution in [0.5, 0.6) is 0 Å². The van der Waals surface area contributed by atoms with Gasteiger partial charge in [-0.3, -0.25) is 14.4 Å².